The van der Waals surface area contributed by atoms with Crippen molar-refractivity contribution in [3.63, 3.8) is 0 Å². The van der Waals surface area contributed by atoms with Gasteiger partial charge in [0.1, 0.15) is 12.1 Å². The maximum atomic E-state index is 14.2. The van der Waals surface area contributed by atoms with Gasteiger partial charge in [-0.1, -0.05) is 121 Å². The molecule has 0 bridgehead atoms. The summed E-state index contributed by atoms with van der Waals surface area (Å²) in [4.78, 5) is 129. The Labute approximate surface area is 484 Å². The number of guanidine groups is 2. The van der Waals surface area contributed by atoms with Gasteiger partial charge in [0.2, 0.25) is 29.5 Å². The highest BCUT2D eigenvalue weighted by molar-refractivity contribution is 5.98. The van der Waals surface area contributed by atoms with Gasteiger partial charge in [-0.15, -0.1) is 0 Å². The van der Waals surface area contributed by atoms with Crippen LogP contribution >= 0.6 is 0 Å². The largest absolute Gasteiger partial charge is 0.481 e. The number of amides is 5. The maximum absolute atomic E-state index is 14.2. The molecule has 0 unspecified atom stereocenters. The molecule has 5 amide bonds. The number of carbonyl (C=O) groups excluding carboxylic acids is 8. The van der Waals surface area contributed by atoms with Crippen LogP contribution < -0.4 is 55.3 Å². The predicted molar refractivity (Wildman–Crippen MR) is 315 cm³/mol. The lowest BCUT2D eigenvalue weighted by Crippen LogP contribution is -2.53. The van der Waals surface area contributed by atoms with Crippen molar-refractivity contribution in [2.45, 2.75) is 204 Å². The molecule has 0 aromatic heterocycles. The first-order valence-electron chi connectivity index (χ1n) is 29.6. The Bertz CT molecular complexity index is 2120. The fraction of sp³-hybridized carbons (Fsp3) is 0.707. The van der Waals surface area contributed by atoms with E-state index in [9.17, 15) is 58.5 Å². The number of Topliss-reactive ketones (excluding diaryl/α,β-unsaturated/α-hetero) is 3. The summed E-state index contributed by atoms with van der Waals surface area (Å²) in [5.41, 5.74) is 28.4. The van der Waals surface area contributed by atoms with Crippen LogP contribution in [-0.2, 0) is 49.6 Å². The van der Waals surface area contributed by atoms with Crippen LogP contribution in [0.5, 0.6) is 0 Å². The average Bonchev–Trinajstić information content (AvgIpc) is 3.52. The van der Waals surface area contributed by atoms with E-state index in [1.807, 2.05) is 6.07 Å². The molecule has 24 nitrogen and oxygen atoms in total. The van der Waals surface area contributed by atoms with Crippen LogP contribution in [0, 0.1) is 17.8 Å². The fourth-order valence-corrected chi connectivity index (χ4v) is 9.44. The number of aliphatic hydroxyl groups excluding tert-OH is 2. The van der Waals surface area contributed by atoms with Crippen molar-refractivity contribution in [3.8, 4) is 0 Å². The number of nitrogens with one attached hydrogen (secondary N) is 5. The highest BCUT2D eigenvalue weighted by atomic mass is 16.4. The molecule has 0 saturated heterocycles. The van der Waals surface area contributed by atoms with Crippen molar-refractivity contribution in [1.29, 1.82) is 0 Å². The Balaban J connectivity index is 3.27. The van der Waals surface area contributed by atoms with Crippen molar-refractivity contribution in [3.05, 3.63) is 35.9 Å². The minimum Gasteiger partial charge on any atom is -0.481 e. The van der Waals surface area contributed by atoms with Crippen LogP contribution in [0.15, 0.2) is 40.3 Å². The maximum Gasteiger partial charge on any atom is 0.303 e. The molecular weight excluding hydrogens is 1060 g/mol. The molecule has 0 aliphatic carbocycles. The third kappa shape index (κ3) is 34.0. The number of benzene rings is 1. The minimum atomic E-state index is -1.66. The molecule has 0 heterocycles. The van der Waals surface area contributed by atoms with Crippen LogP contribution in [0.2, 0.25) is 0 Å². The highest BCUT2D eigenvalue weighted by Crippen LogP contribution is 2.20. The van der Waals surface area contributed by atoms with Crippen molar-refractivity contribution < 1.29 is 58.5 Å². The van der Waals surface area contributed by atoms with E-state index >= 15 is 0 Å². The molecule has 464 valence electrons. The van der Waals surface area contributed by atoms with Crippen LogP contribution in [0.3, 0.4) is 0 Å². The van der Waals surface area contributed by atoms with Crippen molar-refractivity contribution in [1.82, 2.24) is 26.6 Å². The predicted octanol–water partition coefficient (Wildman–Crippen LogP) is 2.21. The number of carboxylic acids is 1. The average molecular weight is 1160 g/mol. The van der Waals surface area contributed by atoms with Gasteiger partial charge in [-0.2, -0.15) is 0 Å². The molecule has 0 spiro atoms. The smallest absolute Gasteiger partial charge is 0.303 e. The number of carboxylic acid groups (broad SMARTS) is 1. The Hall–Kier alpha value is -6.53. The van der Waals surface area contributed by atoms with Gasteiger partial charge in [0, 0.05) is 70.5 Å². The molecule has 0 aliphatic rings. The molecule has 18 N–H and O–H groups in total. The van der Waals surface area contributed by atoms with Crippen molar-refractivity contribution >= 4 is 64.8 Å². The van der Waals surface area contributed by atoms with E-state index in [0.29, 0.717) is 32.2 Å². The number of carbonyl (C=O) groups is 9. The van der Waals surface area contributed by atoms with Gasteiger partial charge in [-0.3, -0.25) is 53.1 Å². The lowest BCUT2D eigenvalue weighted by atomic mass is 9.89. The van der Waals surface area contributed by atoms with Crippen LogP contribution in [-0.4, -0.2) is 144 Å². The monoisotopic (exact) mass is 1160 g/mol. The Morgan fingerprint density at radius 1 is 0.488 bits per heavy atom. The quantitative estimate of drug-likeness (QED) is 0.0253. The summed E-state index contributed by atoms with van der Waals surface area (Å²) in [6, 6.07) is 3.63. The van der Waals surface area contributed by atoms with Gasteiger partial charge in [-0.25, -0.2) is 0 Å². The van der Waals surface area contributed by atoms with E-state index in [4.69, 9.17) is 28.7 Å². The molecule has 0 fully saturated rings. The summed E-state index contributed by atoms with van der Waals surface area (Å²) in [6.07, 6.45) is 14.4. The second kappa shape index (κ2) is 45.0. The Kier molecular flexibility index (Phi) is 40.4. The molecule has 1 aromatic carbocycles. The summed E-state index contributed by atoms with van der Waals surface area (Å²) in [7, 11) is 1.41. The number of unbranched alkanes of at least 4 members (excludes halogenated alkanes) is 13. The second-order valence-corrected chi connectivity index (χ2v) is 21.2. The van der Waals surface area contributed by atoms with E-state index in [0.717, 1.165) is 31.2 Å². The van der Waals surface area contributed by atoms with Crippen LogP contribution in [0.1, 0.15) is 179 Å². The first-order chi connectivity index (χ1) is 39.3. The number of hydrogen-bond acceptors (Lipinski definition) is 14. The van der Waals surface area contributed by atoms with E-state index in [1.165, 1.54) is 58.4 Å². The molecular formula is C58H100N12O12. The zero-order valence-electron chi connectivity index (χ0n) is 48.9. The summed E-state index contributed by atoms with van der Waals surface area (Å²) in [6.45, 7) is 0.815. The molecule has 0 aliphatic heterocycles. The summed E-state index contributed by atoms with van der Waals surface area (Å²) in [5.74, 6) is -10.6. The van der Waals surface area contributed by atoms with Crippen LogP contribution in [0.25, 0.3) is 0 Å². The summed E-state index contributed by atoms with van der Waals surface area (Å²) >= 11 is 0. The first kappa shape index (κ1) is 73.5. The molecule has 0 saturated carbocycles. The fourth-order valence-electron chi connectivity index (χ4n) is 9.44. The molecule has 0 radical (unpaired) electrons. The van der Waals surface area contributed by atoms with E-state index in [-0.39, 0.29) is 82.3 Å². The first-order valence-corrected chi connectivity index (χ1v) is 29.6. The number of aliphatic carboxylic acids is 1. The SMILES string of the molecule is CCCCCCCCCCCCCCCC(=O)N[C@@H](Cc1ccccc1)C(=O)N[C@@H](CCCN=C(N)N)C(=O)C[C@@H](CO)C(=O)N[C@@H](CO)C(=O)C[C@@H](CCCN=C(N)N)C(=O)N[C@@H](CCC(=O)O)C(=O)C[C@@H](CCCCN)C(=O)NC. The van der Waals surface area contributed by atoms with Gasteiger partial charge in [0.05, 0.1) is 31.2 Å². The molecule has 7 atom stereocenters. The van der Waals surface area contributed by atoms with Gasteiger partial charge in [0.15, 0.2) is 29.3 Å². The molecule has 24 heteroatoms. The van der Waals surface area contributed by atoms with Crippen LogP contribution in [0.4, 0.5) is 0 Å². The van der Waals surface area contributed by atoms with Gasteiger partial charge in [0.25, 0.3) is 0 Å². The number of rotatable bonds is 50. The van der Waals surface area contributed by atoms with E-state index in [2.05, 4.69) is 43.5 Å². The zero-order valence-corrected chi connectivity index (χ0v) is 48.9. The lowest BCUT2D eigenvalue weighted by Gasteiger charge is -2.25. The third-order valence-corrected chi connectivity index (χ3v) is 14.3. The van der Waals surface area contributed by atoms with Gasteiger partial charge >= 0.3 is 5.97 Å². The minimum absolute atomic E-state index is 0.0112. The highest BCUT2D eigenvalue weighted by Gasteiger charge is 2.35. The number of aliphatic hydroxyl groups is 2. The second-order valence-electron chi connectivity index (χ2n) is 21.2. The number of ketones is 3. The molecule has 1 rings (SSSR count). The van der Waals surface area contributed by atoms with Crippen molar-refractivity contribution in [2.75, 3.05) is 39.9 Å². The number of aliphatic imine (C=N–C) groups is 2. The summed E-state index contributed by atoms with van der Waals surface area (Å²) in [5, 5.41) is 43.5. The van der Waals surface area contributed by atoms with Gasteiger partial charge < -0.3 is 70.6 Å². The molecule has 1 aromatic rings. The molecule has 82 heavy (non-hydrogen) atoms. The Morgan fingerprint density at radius 2 is 0.951 bits per heavy atom. The van der Waals surface area contributed by atoms with Crippen molar-refractivity contribution in [2.24, 2.45) is 56.4 Å². The number of nitrogens with two attached hydrogens (primary N) is 5. The van der Waals surface area contributed by atoms with E-state index < -0.39 is 121 Å². The topological polar surface area (TPSA) is 429 Å². The standard InChI is InChI=1S/C58H100N12O12/c1-3-4-5-6-7-8-9-10-11-12-13-14-18-28-51(76)67-46(34-40-23-16-15-17-24-40)56(82)69-44(27-22-33-66-58(62)63)49(74)37-43(38-71)55(81)70-47(39-72)50(75)36-42(26-21-32-65-57(60)61)54(80)68-45(29-30-52(77)78)48(73)35-41(53(79)64-2)25-19-20-31-59/h15-17,23-24,41-47,71-72H,3-14,18-22,25-39,59H2,1-2H3,(H,64,79)(H,67,76)(H,68,80)(H,69,82)(H,70,81)(H,77,78)(H4,60,61,65)(H4,62,63,66)/t41-,42-,43+,44+,45+,46+,47+/m1/s1. The lowest BCUT2D eigenvalue weighted by molar-refractivity contribution is -0.139. The van der Waals surface area contributed by atoms with Gasteiger partial charge in [-0.05, 0) is 63.5 Å². The number of nitrogens with zero attached hydrogens (tertiary/aromatic N) is 2. The number of hydrogen-bond donors (Lipinski definition) is 13. The summed E-state index contributed by atoms with van der Waals surface area (Å²) < 4.78 is 0. The normalized spacial score (nSPS) is 13.6. The Morgan fingerprint density at radius 3 is 1.46 bits per heavy atom. The zero-order chi connectivity index (χ0) is 61.1. The van der Waals surface area contributed by atoms with E-state index in [1.54, 1.807) is 24.3 Å². The third-order valence-electron chi connectivity index (χ3n) is 14.3.